The lowest BCUT2D eigenvalue weighted by Crippen LogP contribution is -2.31. The fourth-order valence-electron chi connectivity index (χ4n) is 1.83. The number of halogens is 1. The average Bonchev–Trinajstić information content (AvgIpc) is 2.90. The molecule has 0 aliphatic carbocycles. The van der Waals surface area contributed by atoms with Gasteiger partial charge in [-0.15, -0.1) is 11.8 Å². The third kappa shape index (κ3) is 3.60. The molecular formula is C13H17BrN4S. The summed E-state index contributed by atoms with van der Waals surface area (Å²) >= 11 is 5.31. The average molecular weight is 341 g/mol. The van der Waals surface area contributed by atoms with Crippen molar-refractivity contribution < 1.29 is 0 Å². The van der Waals surface area contributed by atoms with Crippen LogP contribution in [0.15, 0.2) is 46.0 Å². The number of thioether (sulfide) groups is 1. The normalized spacial score (nSPS) is 12.6. The molecule has 0 aliphatic heterocycles. The fourth-order valence-corrected chi connectivity index (χ4v) is 3.43. The second-order valence-corrected chi connectivity index (χ2v) is 5.95. The number of aryl methyl sites for hydroxylation is 1. The Morgan fingerprint density at radius 2 is 2.26 bits per heavy atom. The van der Waals surface area contributed by atoms with Crippen LogP contribution in [0.1, 0.15) is 18.8 Å². The second kappa shape index (κ2) is 7.09. The van der Waals surface area contributed by atoms with Gasteiger partial charge in [-0.05, 0) is 35.0 Å². The molecule has 0 bridgehead atoms. The van der Waals surface area contributed by atoms with E-state index in [-0.39, 0.29) is 6.04 Å². The van der Waals surface area contributed by atoms with Crippen LogP contribution in [-0.2, 0) is 6.54 Å². The van der Waals surface area contributed by atoms with Gasteiger partial charge in [-0.25, -0.2) is 10.4 Å². The standard InChI is InChI=1S/C13H17BrN4S/c1-2-18-8-7-16-13(18)11(17-15)9-19-12-6-4-3-5-10(12)14/h3-8,11,17H,2,9,15H2,1H3. The van der Waals surface area contributed by atoms with E-state index in [1.165, 1.54) is 4.90 Å². The predicted octanol–water partition coefficient (Wildman–Crippen LogP) is 2.96. The van der Waals surface area contributed by atoms with Crippen molar-refractivity contribution in [1.82, 2.24) is 15.0 Å². The van der Waals surface area contributed by atoms with E-state index in [1.807, 2.05) is 30.6 Å². The van der Waals surface area contributed by atoms with Crippen molar-refractivity contribution in [2.45, 2.75) is 24.4 Å². The summed E-state index contributed by atoms with van der Waals surface area (Å²) in [5.74, 6) is 7.47. The highest BCUT2D eigenvalue weighted by Gasteiger charge is 2.15. The van der Waals surface area contributed by atoms with E-state index in [0.29, 0.717) is 0 Å². The van der Waals surface area contributed by atoms with Gasteiger partial charge in [0.1, 0.15) is 5.82 Å². The molecule has 6 heteroatoms. The van der Waals surface area contributed by atoms with Crippen LogP contribution in [-0.4, -0.2) is 15.3 Å². The van der Waals surface area contributed by atoms with Crippen molar-refractivity contribution in [3.8, 4) is 0 Å². The minimum Gasteiger partial charge on any atom is -0.334 e. The number of aromatic nitrogens is 2. The predicted molar refractivity (Wildman–Crippen MR) is 82.8 cm³/mol. The van der Waals surface area contributed by atoms with E-state index < -0.39 is 0 Å². The Hall–Kier alpha value is -0.820. The molecule has 4 nitrogen and oxygen atoms in total. The molecule has 0 spiro atoms. The summed E-state index contributed by atoms with van der Waals surface area (Å²) in [6, 6.07) is 8.21. The SMILES string of the molecule is CCn1ccnc1C(CSc1ccccc1Br)NN. The van der Waals surface area contributed by atoms with Gasteiger partial charge in [0, 0.05) is 34.1 Å². The first-order chi connectivity index (χ1) is 9.26. The summed E-state index contributed by atoms with van der Waals surface area (Å²) in [4.78, 5) is 5.59. The number of rotatable bonds is 6. The Bertz CT molecular complexity index is 529. The van der Waals surface area contributed by atoms with Gasteiger partial charge in [0.2, 0.25) is 0 Å². The highest BCUT2D eigenvalue weighted by Crippen LogP contribution is 2.29. The maximum Gasteiger partial charge on any atom is 0.128 e. The zero-order valence-corrected chi connectivity index (χ0v) is 13.1. The molecule has 1 unspecified atom stereocenters. The van der Waals surface area contributed by atoms with Crippen LogP contribution in [0.4, 0.5) is 0 Å². The summed E-state index contributed by atoms with van der Waals surface area (Å²) in [5, 5.41) is 0. The largest absolute Gasteiger partial charge is 0.334 e. The number of hydrogen-bond donors (Lipinski definition) is 2. The molecule has 1 heterocycles. The molecule has 0 aliphatic rings. The molecule has 2 aromatic rings. The molecule has 1 aromatic carbocycles. The maximum atomic E-state index is 5.66. The molecule has 3 N–H and O–H groups in total. The fraction of sp³-hybridized carbons (Fsp3) is 0.308. The van der Waals surface area contributed by atoms with Gasteiger partial charge in [-0.3, -0.25) is 5.84 Å². The van der Waals surface area contributed by atoms with Crippen LogP contribution < -0.4 is 11.3 Å². The van der Waals surface area contributed by atoms with Crippen LogP contribution >= 0.6 is 27.7 Å². The molecule has 2 rings (SSSR count). The van der Waals surface area contributed by atoms with Crippen LogP contribution in [0.3, 0.4) is 0 Å². The topological polar surface area (TPSA) is 55.9 Å². The smallest absolute Gasteiger partial charge is 0.128 e. The molecule has 0 amide bonds. The van der Waals surface area contributed by atoms with Crippen LogP contribution in [0.5, 0.6) is 0 Å². The molecule has 1 atom stereocenters. The zero-order valence-electron chi connectivity index (χ0n) is 10.7. The Balaban J connectivity index is 2.06. The van der Waals surface area contributed by atoms with E-state index in [0.717, 1.165) is 22.6 Å². The lowest BCUT2D eigenvalue weighted by molar-refractivity contribution is 0.540. The lowest BCUT2D eigenvalue weighted by atomic mass is 10.3. The van der Waals surface area contributed by atoms with E-state index in [9.17, 15) is 0 Å². The maximum absolute atomic E-state index is 5.66. The van der Waals surface area contributed by atoms with Crippen molar-refractivity contribution in [2.24, 2.45) is 5.84 Å². The number of benzene rings is 1. The minimum atomic E-state index is 0.0343. The number of hydrogen-bond acceptors (Lipinski definition) is 4. The van der Waals surface area contributed by atoms with Crippen molar-refractivity contribution in [1.29, 1.82) is 0 Å². The first-order valence-corrected chi connectivity index (χ1v) is 7.88. The first kappa shape index (κ1) is 14.6. The van der Waals surface area contributed by atoms with Crippen LogP contribution in [0, 0.1) is 0 Å². The van der Waals surface area contributed by atoms with E-state index in [1.54, 1.807) is 11.8 Å². The van der Waals surface area contributed by atoms with Gasteiger partial charge in [0.15, 0.2) is 0 Å². The van der Waals surface area contributed by atoms with E-state index in [2.05, 4.69) is 43.9 Å². The second-order valence-electron chi connectivity index (χ2n) is 4.03. The zero-order chi connectivity index (χ0) is 13.7. The minimum absolute atomic E-state index is 0.0343. The summed E-state index contributed by atoms with van der Waals surface area (Å²) < 4.78 is 3.21. The highest BCUT2D eigenvalue weighted by molar-refractivity contribution is 9.10. The number of nitrogens with one attached hydrogen (secondary N) is 1. The first-order valence-electron chi connectivity index (χ1n) is 6.10. The Morgan fingerprint density at radius 3 is 2.95 bits per heavy atom. The quantitative estimate of drug-likeness (QED) is 0.482. The van der Waals surface area contributed by atoms with Gasteiger partial charge in [0.25, 0.3) is 0 Å². The molecular weight excluding hydrogens is 324 g/mol. The van der Waals surface area contributed by atoms with Gasteiger partial charge >= 0.3 is 0 Å². The summed E-state index contributed by atoms with van der Waals surface area (Å²) in [6.45, 7) is 2.99. The van der Waals surface area contributed by atoms with Gasteiger partial charge in [-0.1, -0.05) is 12.1 Å². The Kier molecular flexibility index (Phi) is 5.45. The molecule has 0 radical (unpaired) electrons. The Labute approximate surface area is 125 Å². The van der Waals surface area contributed by atoms with Gasteiger partial charge < -0.3 is 4.57 Å². The number of nitrogens with two attached hydrogens (primary N) is 1. The van der Waals surface area contributed by atoms with Gasteiger partial charge in [0.05, 0.1) is 6.04 Å². The summed E-state index contributed by atoms with van der Waals surface area (Å²) in [7, 11) is 0. The number of hydrazine groups is 1. The lowest BCUT2D eigenvalue weighted by Gasteiger charge is -2.16. The van der Waals surface area contributed by atoms with Crippen molar-refractivity contribution in [3.05, 3.63) is 47.0 Å². The van der Waals surface area contributed by atoms with Crippen LogP contribution in [0.25, 0.3) is 0 Å². The van der Waals surface area contributed by atoms with Crippen molar-refractivity contribution in [3.63, 3.8) is 0 Å². The Morgan fingerprint density at radius 1 is 1.47 bits per heavy atom. The van der Waals surface area contributed by atoms with E-state index in [4.69, 9.17) is 5.84 Å². The highest BCUT2D eigenvalue weighted by atomic mass is 79.9. The molecule has 19 heavy (non-hydrogen) atoms. The van der Waals surface area contributed by atoms with Crippen molar-refractivity contribution in [2.75, 3.05) is 5.75 Å². The monoisotopic (exact) mass is 340 g/mol. The summed E-state index contributed by atoms with van der Waals surface area (Å²) in [6.07, 6.45) is 3.79. The van der Waals surface area contributed by atoms with E-state index >= 15 is 0 Å². The number of nitrogens with zero attached hydrogens (tertiary/aromatic N) is 2. The number of imidazole rings is 1. The molecule has 0 saturated heterocycles. The third-order valence-corrected chi connectivity index (χ3v) is 4.96. The molecule has 0 saturated carbocycles. The van der Waals surface area contributed by atoms with Crippen molar-refractivity contribution >= 4 is 27.7 Å². The molecule has 102 valence electrons. The third-order valence-electron chi connectivity index (χ3n) is 2.84. The molecule has 0 fully saturated rings. The molecule has 1 aromatic heterocycles. The van der Waals surface area contributed by atoms with Crippen LogP contribution in [0.2, 0.25) is 0 Å². The summed E-state index contributed by atoms with van der Waals surface area (Å²) in [5.41, 5.74) is 2.85. The van der Waals surface area contributed by atoms with Gasteiger partial charge in [-0.2, -0.15) is 0 Å².